The molecule has 14 heavy (non-hydrogen) atoms. The van der Waals surface area contributed by atoms with Crippen LogP contribution in [0.15, 0.2) is 30.1 Å². The molecule has 70 valence electrons. The average Bonchev–Trinajstić information content (AvgIpc) is 2.51. The van der Waals surface area contributed by atoms with E-state index in [9.17, 15) is 9.59 Å². The van der Waals surface area contributed by atoms with Crippen LogP contribution in [-0.2, 0) is 14.3 Å². The molecule has 1 aliphatic heterocycles. The number of Topliss-reactive ketones (excluding diaryl/α,β-unsaturated/α-hetero) is 1. The highest BCUT2D eigenvalue weighted by Crippen LogP contribution is 2.13. The highest BCUT2D eigenvalue weighted by molar-refractivity contribution is 6.24. The molecule has 1 aliphatic rings. The number of hydrogen-bond acceptors (Lipinski definition) is 4. The largest absolute Gasteiger partial charge is 0.454 e. The van der Waals surface area contributed by atoms with Gasteiger partial charge in [0.15, 0.2) is 6.61 Å². The van der Waals surface area contributed by atoms with Gasteiger partial charge < -0.3 is 4.74 Å². The number of carbonyl (C=O) groups is 2. The monoisotopic (exact) mass is 189 g/mol. The summed E-state index contributed by atoms with van der Waals surface area (Å²) < 4.78 is 4.58. The van der Waals surface area contributed by atoms with Gasteiger partial charge in [-0.15, -0.1) is 0 Å². The van der Waals surface area contributed by atoms with E-state index in [2.05, 4.69) is 9.72 Å². The molecular formula is C10H7NO3. The molecule has 1 aromatic rings. The van der Waals surface area contributed by atoms with E-state index in [1.165, 1.54) is 6.08 Å². The van der Waals surface area contributed by atoms with Gasteiger partial charge in [-0.25, -0.2) is 4.79 Å². The smallest absolute Gasteiger partial charge is 0.342 e. The van der Waals surface area contributed by atoms with Crippen molar-refractivity contribution >= 4 is 17.8 Å². The van der Waals surface area contributed by atoms with Gasteiger partial charge in [0, 0.05) is 12.4 Å². The molecule has 0 bridgehead atoms. The van der Waals surface area contributed by atoms with Crippen molar-refractivity contribution < 1.29 is 14.3 Å². The number of carbonyl (C=O) groups excluding carboxylic acids is 2. The Balaban J connectivity index is 2.35. The van der Waals surface area contributed by atoms with Crippen LogP contribution >= 0.6 is 0 Å². The minimum atomic E-state index is -0.549. The van der Waals surface area contributed by atoms with Crippen LogP contribution in [0.1, 0.15) is 5.56 Å². The van der Waals surface area contributed by atoms with Crippen molar-refractivity contribution in [3.8, 4) is 0 Å². The lowest BCUT2D eigenvalue weighted by molar-refractivity contribution is -0.135. The Morgan fingerprint density at radius 2 is 2.00 bits per heavy atom. The van der Waals surface area contributed by atoms with Crippen LogP contribution in [-0.4, -0.2) is 23.3 Å². The second-order valence-electron chi connectivity index (χ2n) is 2.84. The number of esters is 1. The van der Waals surface area contributed by atoms with E-state index in [1.54, 1.807) is 24.5 Å². The fourth-order valence-corrected chi connectivity index (χ4v) is 1.17. The number of hydrogen-bond donors (Lipinski definition) is 0. The van der Waals surface area contributed by atoms with Gasteiger partial charge in [-0.1, -0.05) is 0 Å². The molecule has 0 unspecified atom stereocenters. The van der Waals surface area contributed by atoms with Crippen LogP contribution in [0.25, 0.3) is 6.08 Å². The molecule has 2 rings (SSSR count). The fraction of sp³-hybridized carbons (Fsp3) is 0.100. The summed E-state index contributed by atoms with van der Waals surface area (Å²) in [5.41, 5.74) is 0.874. The molecule has 0 atom stereocenters. The van der Waals surface area contributed by atoms with Crippen molar-refractivity contribution in [3.05, 3.63) is 35.7 Å². The number of ketones is 1. The predicted octanol–water partition coefficient (Wildman–Crippen LogP) is 0.591. The Morgan fingerprint density at radius 3 is 2.57 bits per heavy atom. The first-order valence-corrected chi connectivity index (χ1v) is 4.09. The molecule has 0 N–H and O–H groups in total. The first kappa shape index (κ1) is 8.62. The van der Waals surface area contributed by atoms with E-state index < -0.39 is 5.97 Å². The summed E-state index contributed by atoms with van der Waals surface area (Å²) in [6.07, 6.45) is 4.70. The zero-order valence-corrected chi connectivity index (χ0v) is 7.27. The molecule has 0 spiro atoms. The molecule has 0 radical (unpaired) electrons. The Hall–Kier alpha value is -1.97. The normalized spacial score (nSPS) is 18.7. The third kappa shape index (κ3) is 1.54. The summed E-state index contributed by atoms with van der Waals surface area (Å²) in [7, 11) is 0. The maximum absolute atomic E-state index is 11.2. The van der Waals surface area contributed by atoms with E-state index in [1.807, 2.05) is 0 Å². The third-order valence-corrected chi connectivity index (χ3v) is 1.87. The fourth-order valence-electron chi connectivity index (χ4n) is 1.17. The molecule has 1 fully saturated rings. The number of aromatic nitrogens is 1. The highest BCUT2D eigenvalue weighted by atomic mass is 16.5. The van der Waals surface area contributed by atoms with Gasteiger partial charge in [-0.05, 0) is 23.8 Å². The second kappa shape index (κ2) is 3.41. The quantitative estimate of drug-likeness (QED) is 0.368. The van der Waals surface area contributed by atoms with Gasteiger partial charge in [0.25, 0.3) is 0 Å². The van der Waals surface area contributed by atoms with E-state index in [4.69, 9.17) is 0 Å². The number of cyclic esters (lactones) is 1. The SMILES string of the molecule is O=C1COC(=O)C1=Cc1ccncc1. The van der Waals surface area contributed by atoms with Crippen molar-refractivity contribution in [2.24, 2.45) is 0 Å². The number of ether oxygens (including phenoxy) is 1. The van der Waals surface area contributed by atoms with Crippen molar-refractivity contribution in [1.29, 1.82) is 0 Å². The molecule has 0 aromatic carbocycles. The minimum Gasteiger partial charge on any atom is -0.454 e. The molecule has 0 saturated carbocycles. The van der Waals surface area contributed by atoms with Crippen LogP contribution < -0.4 is 0 Å². The van der Waals surface area contributed by atoms with Gasteiger partial charge in [-0.3, -0.25) is 9.78 Å². The van der Waals surface area contributed by atoms with Crippen LogP contribution in [0.5, 0.6) is 0 Å². The zero-order valence-electron chi connectivity index (χ0n) is 7.27. The van der Waals surface area contributed by atoms with Gasteiger partial charge in [0.05, 0.1) is 0 Å². The number of nitrogens with zero attached hydrogens (tertiary/aromatic N) is 1. The van der Waals surface area contributed by atoms with Crippen molar-refractivity contribution in [3.63, 3.8) is 0 Å². The van der Waals surface area contributed by atoms with Crippen molar-refractivity contribution in [2.45, 2.75) is 0 Å². The molecule has 4 nitrogen and oxygen atoms in total. The maximum atomic E-state index is 11.2. The summed E-state index contributed by atoms with van der Waals surface area (Å²) in [6.45, 7) is -0.143. The van der Waals surface area contributed by atoms with Crippen LogP contribution in [0.4, 0.5) is 0 Å². The highest BCUT2D eigenvalue weighted by Gasteiger charge is 2.27. The lowest BCUT2D eigenvalue weighted by Gasteiger charge is -1.92. The second-order valence-corrected chi connectivity index (χ2v) is 2.84. The van der Waals surface area contributed by atoms with Gasteiger partial charge in [0.1, 0.15) is 5.57 Å². The minimum absolute atomic E-state index is 0.108. The Kier molecular flexibility index (Phi) is 2.10. The summed E-state index contributed by atoms with van der Waals surface area (Å²) in [6, 6.07) is 3.43. The maximum Gasteiger partial charge on any atom is 0.342 e. The molecular weight excluding hydrogens is 182 g/mol. The first-order valence-electron chi connectivity index (χ1n) is 4.09. The standard InChI is InChI=1S/C10H7NO3/c12-9-6-14-10(13)8(9)5-7-1-3-11-4-2-7/h1-5H,6H2. The molecule has 2 heterocycles. The number of rotatable bonds is 1. The predicted molar refractivity (Wildman–Crippen MR) is 48.2 cm³/mol. The summed E-state index contributed by atoms with van der Waals surface area (Å²) in [4.78, 5) is 26.0. The third-order valence-electron chi connectivity index (χ3n) is 1.87. The van der Waals surface area contributed by atoms with E-state index in [-0.39, 0.29) is 18.0 Å². The first-order chi connectivity index (χ1) is 6.77. The lowest BCUT2D eigenvalue weighted by Crippen LogP contribution is -2.00. The average molecular weight is 189 g/mol. The van der Waals surface area contributed by atoms with Crippen molar-refractivity contribution in [2.75, 3.05) is 6.61 Å². The summed E-state index contributed by atoms with van der Waals surface area (Å²) in [5.74, 6) is -0.821. The molecule has 0 amide bonds. The van der Waals surface area contributed by atoms with E-state index >= 15 is 0 Å². The zero-order chi connectivity index (χ0) is 9.97. The Morgan fingerprint density at radius 1 is 1.29 bits per heavy atom. The molecule has 1 aromatic heterocycles. The number of pyridine rings is 1. The van der Waals surface area contributed by atoms with Gasteiger partial charge in [-0.2, -0.15) is 0 Å². The van der Waals surface area contributed by atoms with E-state index in [0.29, 0.717) is 0 Å². The van der Waals surface area contributed by atoms with Crippen LogP contribution in [0, 0.1) is 0 Å². The summed E-state index contributed by atoms with van der Waals surface area (Å²) >= 11 is 0. The lowest BCUT2D eigenvalue weighted by atomic mass is 10.1. The Labute approximate surface area is 80.2 Å². The Bertz CT molecular complexity index is 391. The topological polar surface area (TPSA) is 56.3 Å². The van der Waals surface area contributed by atoms with Crippen molar-refractivity contribution in [1.82, 2.24) is 4.98 Å². The summed E-state index contributed by atoms with van der Waals surface area (Å²) in [5, 5.41) is 0. The van der Waals surface area contributed by atoms with Crippen LogP contribution in [0.2, 0.25) is 0 Å². The van der Waals surface area contributed by atoms with Crippen LogP contribution in [0.3, 0.4) is 0 Å². The molecule has 0 aliphatic carbocycles. The molecule has 4 heteroatoms. The molecule has 1 saturated heterocycles. The van der Waals surface area contributed by atoms with E-state index in [0.717, 1.165) is 5.56 Å². The van der Waals surface area contributed by atoms with Gasteiger partial charge >= 0.3 is 5.97 Å². The van der Waals surface area contributed by atoms with Gasteiger partial charge in [0.2, 0.25) is 5.78 Å².